The Morgan fingerprint density at radius 2 is 1.59 bits per heavy atom. The first-order valence-electron chi connectivity index (χ1n) is 11.3. The van der Waals surface area contributed by atoms with E-state index in [1.807, 2.05) is 31.2 Å². The van der Waals surface area contributed by atoms with Gasteiger partial charge in [0.05, 0.1) is 20.4 Å². The molecule has 3 aromatic rings. The van der Waals surface area contributed by atoms with Crippen molar-refractivity contribution in [3.63, 3.8) is 0 Å². The Morgan fingerprint density at radius 1 is 0.865 bits per heavy atom. The molecule has 3 aromatic carbocycles. The number of aryl methyl sites for hydroxylation is 1. The van der Waals surface area contributed by atoms with E-state index in [-0.39, 0.29) is 19.1 Å². The molecule has 0 unspecified atom stereocenters. The Balaban J connectivity index is 1.47. The van der Waals surface area contributed by atoms with Crippen LogP contribution in [0.15, 0.2) is 71.8 Å². The van der Waals surface area contributed by atoms with Crippen LogP contribution in [0.1, 0.15) is 16.7 Å². The SMILES string of the molecule is COc1ccc(CNC(=O)C(=O)N/N=C\c2ccc(OCC(=O)Nc3ccc(C)cc3)c(OC)c2)cc1. The number of nitrogens with zero attached hydrogens (tertiary/aromatic N) is 1. The van der Waals surface area contributed by atoms with E-state index in [1.165, 1.54) is 13.3 Å². The molecular weight excluding hydrogens is 476 g/mol. The number of amides is 3. The Hall–Kier alpha value is -4.86. The van der Waals surface area contributed by atoms with Crippen LogP contribution in [0.3, 0.4) is 0 Å². The number of hydrogen-bond acceptors (Lipinski definition) is 7. The molecule has 10 nitrogen and oxygen atoms in total. The molecule has 0 spiro atoms. The summed E-state index contributed by atoms with van der Waals surface area (Å²) in [5.74, 6) is -0.614. The van der Waals surface area contributed by atoms with Crippen LogP contribution >= 0.6 is 0 Å². The summed E-state index contributed by atoms with van der Waals surface area (Å²) in [6, 6.07) is 19.4. The molecule has 0 aliphatic rings. The Kier molecular flexibility index (Phi) is 9.60. The van der Waals surface area contributed by atoms with Crippen LogP contribution in [0, 0.1) is 6.92 Å². The van der Waals surface area contributed by atoms with E-state index in [0.29, 0.717) is 28.5 Å². The van der Waals surface area contributed by atoms with Gasteiger partial charge in [0, 0.05) is 12.2 Å². The molecule has 0 saturated heterocycles. The predicted octanol–water partition coefficient (Wildman–Crippen LogP) is 2.80. The highest BCUT2D eigenvalue weighted by Gasteiger charge is 2.12. The first-order chi connectivity index (χ1) is 17.9. The number of carbonyl (C=O) groups excluding carboxylic acids is 3. The predicted molar refractivity (Wildman–Crippen MR) is 139 cm³/mol. The summed E-state index contributed by atoms with van der Waals surface area (Å²) in [7, 11) is 3.03. The average Bonchev–Trinajstić information content (AvgIpc) is 2.92. The highest BCUT2D eigenvalue weighted by molar-refractivity contribution is 6.35. The number of benzene rings is 3. The molecular formula is C27H28N4O6. The fourth-order valence-corrected chi connectivity index (χ4v) is 3.08. The van der Waals surface area contributed by atoms with E-state index >= 15 is 0 Å². The average molecular weight is 505 g/mol. The minimum absolute atomic E-state index is 0.182. The molecule has 0 bridgehead atoms. The highest BCUT2D eigenvalue weighted by Crippen LogP contribution is 2.27. The van der Waals surface area contributed by atoms with E-state index in [4.69, 9.17) is 14.2 Å². The maximum absolute atomic E-state index is 12.2. The first kappa shape index (κ1) is 26.7. The van der Waals surface area contributed by atoms with Crippen molar-refractivity contribution in [1.29, 1.82) is 0 Å². The third-order valence-corrected chi connectivity index (χ3v) is 5.08. The summed E-state index contributed by atoms with van der Waals surface area (Å²) in [5, 5.41) is 9.08. The monoisotopic (exact) mass is 504 g/mol. The normalized spacial score (nSPS) is 10.5. The summed E-state index contributed by atoms with van der Waals surface area (Å²) in [5.41, 5.74) is 5.33. The molecule has 3 amide bonds. The van der Waals surface area contributed by atoms with Gasteiger partial charge in [-0.15, -0.1) is 0 Å². The first-order valence-corrected chi connectivity index (χ1v) is 11.3. The van der Waals surface area contributed by atoms with Crippen LogP contribution in [0.25, 0.3) is 0 Å². The van der Waals surface area contributed by atoms with Crippen molar-refractivity contribution in [2.75, 3.05) is 26.1 Å². The van der Waals surface area contributed by atoms with Gasteiger partial charge in [-0.2, -0.15) is 5.10 Å². The number of methoxy groups -OCH3 is 2. The molecule has 3 N–H and O–H groups in total. The summed E-state index contributed by atoms with van der Waals surface area (Å²) in [6.07, 6.45) is 1.35. The molecule has 0 aliphatic carbocycles. The van der Waals surface area contributed by atoms with Crippen molar-refractivity contribution in [3.05, 3.63) is 83.4 Å². The lowest BCUT2D eigenvalue weighted by molar-refractivity contribution is -0.139. The topological polar surface area (TPSA) is 127 Å². The molecule has 0 radical (unpaired) electrons. The van der Waals surface area contributed by atoms with Crippen LogP contribution in [-0.4, -0.2) is 44.8 Å². The Labute approximate surface area is 214 Å². The van der Waals surface area contributed by atoms with Gasteiger partial charge < -0.3 is 24.8 Å². The minimum Gasteiger partial charge on any atom is -0.497 e. The number of nitrogens with one attached hydrogen (secondary N) is 3. The highest BCUT2D eigenvalue weighted by atomic mass is 16.5. The van der Waals surface area contributed by atoms with Gasteiger partial charge in [-0.1, -0.05) is 29.8 Å². The number of ether oxygens (including phenoxy) is 3. The molecule has 37 heavy (non-hydrogen) atoms. The Morgan fingerprint density at radius 3 is 2.27 bits per heavy atom. The van der Waals surface area contributed by atoms with E-state index < -0.39 is 11.8 Å². The molecule has 0 aromatic heterocycles. The van der Waals surface area contributed by atoms with Crippen LogP contribution < -0.4 is 30.3 Å². The van der Waals surface area contributed by atoms with Crippen molar-refractivity contribution in [2.24, 2.45) is 5.10 Å². The fourth-order valence-electron chi connectivity index (χ4n) is 3.08. The number of hydrogen-bond donors (Lipinski definition) is 3. The second kappa shape index (κ2) is 13.3. The lowest BCUT2D eigenvalue weighted by atomic mass is 10.2. The second-order valence-electron chi connectivity index (χ2n) is 7.84. The van der Waals surface area contributed by atoms with Crippen molar-refractivity contribution in [1.82, 2.24) is 10.7 Å². The van der Waals surface area contributed by atoms with Gasteiger partial charge in [0.2, 0.25) is 0 Å². The quantitative estimate of drug-likeness (QED) is 0.221. The van der Waals surface area contributed by atoms with Crippen LogP contribution in [0.2, 0.25) is 0 Å². The zero-order valence-corrected chi connectivity index (χ0v) is 20.7. The van der Waals surface area contributed by atoms with E-state index in [1.54, 1.807) is 49.6 Å². The van der Waals surface area contributed by atoms with E-state index in [9.17, 15) is 14.4 Å². The van der Waals surface area contributed by atoms with Crippen LogP contribution in [-0.2, 0) is 20.9 Å². The summed E-state index contributed by atoms with van der Waals surface area (Å²) in [6.45, 7) is 1.94. The summed E-state index contributed by atoms with van der Waals surface area (Å²) in [4.78, 5) is 36.2. The molecule has 0 atom stereocenters. The lowest BCUT2D eigenvalue weighted by Crippen LogP contribution is -2.37. The largest absolute Gasteiger partial charge is 0.497 e. The van der Waals surface area contributed by atoms with Gasteiger partial charge >= 0.3 is 11.8 Å². The molecule has 0 heterocycles. The number of rotatable bonds is 10. The van der Waals surface area contributed by atoms with Crippen molar-refractivity contribution in [2.45, 2.75) is 13.5 Å². The molecule has 0 fully saturated rings. The molecule has 0 aliphatic heterocycles. The van der Waals surface area contributed by atoms with Crippen molar-refractivity contribution in [3.8, 4) is 17.2 Å². The lowest BCUT2D eigenvalue weighted by Gasteiger charge is -2.11. The molecule has 192 valence electrons. The molecule has 3 rings (SSSR count). The zero-order chi connectivity index (χ0) is 26.6. The van der Waals surface area contributed by atoms with E-state index in [0.717, 1.165) is 11.1 Å². The van der Waals surface area contributed by atoms with Crippen molar-refractivity contribution < 1.29 is 28.6 Å². The minimum atomic E-state index is -0.906. The molecule has 0 saturated carbocycles. The second-order valence-corrected chi connectivity index (χ2v) is 7.84. The zero-order valence-electron chi connectivity index (χ0n) is 20.7. The van der Waals surface area contributed by atoms with Gasteiger partial charge in [0.15, 0.2) is 18.1 Å². The van der Waals surface area contributed by atoms with Crippen LogP contribution in [0.4, 0.5) is 5.69 Å². The Bertz CT molecular complexity index is 1260. The van der Waals surface area contributed by atoms with Gasteiger partial charge in [-0.05, 0) is 60.5 Å². The van der Waals surface area contributed by atoms with Gasteiger partial charge in [-0.3, -0.25) is 14.4 Å². The summed E-state index contributed by atoms with van der Waals surface area (Å²) >= 11 is 0. The van der Waals surface area contributed by atoms with Gasteiger partial charge in [-0.25, -0.2) is 5.43 Å². The van der Waals surface area contributed by atoms with Crippen molar-refractivity contribution >= 4 is 29.6 Å². The van der Waals surface area contributed by atoms with E-state index in [2.05, 4.69) is 21.2 Å². The maximum Gasteiger partial charge on any atom is 0.329 e. The third kappa shape index (κ3) is 8.39. The standard InChI is InChI=1S/C27H28N4O6/c1-18-4-9-21(10-5-18)30-25(32)17-37-23-13-8-20(14-24(23)36-3)16-29-31-27(34)26(33)28-15-19-6-11-22(35-2)12-7-19/h4-14,16H,15,17H2,1-3H3,(H,28,33)(H,30,32)(H,31,34)/b29-16-. The number of hydrazone groups is 1. The third-order valence-electron chi connectivity index (χ3n) is 5.08. The van der Waals surface area contributed by atoms with Gasteiger partial charge in [0.1, 0.15) is 5.75 Å². The van der Waals surface area contributed by atoms with Gasteiger partial charge in [0.25, 0.3) is 5.91 Å². The molecule has 10 heteroatoms. The number of anilines is 1. The smallest absolute Gasteiger partial charge is 0.329 e. The van der Waals surface area contributed by atoms with Crippen LogP contribution in [0.5, 0.6) is 17.2 Å². The number of carbonyl (C=O) groups is 3. The fraction of sp³-hybridized carbons (Fsp3) is 0.185. The summed E-state index contributed by atoms with van der Waals surface area (Å²) < 4.78 is 16.0. The maximum atomic E-state index is 12.2.